The fourth-order valence-electron chi connectivity index (χ4n) is 1.76. The average molecular weight is 259 g/mol. The quantitative estimate of drug-likeness (QED) is 0.374. The predicted molar refractivity (Wildman–Crippen MR) is 73.2 cm³/mol. The molecule has 0 radical (unpaired) electrons. The predicted octanol–water partition coefficient (Wildman–Crippen LogP) is 3.30. The molecule has 0 spiro atoms. The van der Waals surface area contributed by atoms with Crippen molar-refractivity contribution in [3.63, 3.8) is 0 Å². The molecule has 0 aliphatic rings. The zero-order valence-corrected chi connectivity index (χ0v) is 11.8. The molecule has 0 saturated heterocycles. The number of alkyl halides is 1. The molecule has 2 nitrogen and oxygen atoms in total. The fourth-order valence-corrected chi connectivity index (χ4v) is 2.34. The third-order valence-corrected chi connectivity index (χ3v) is 3.63. The number of halogens is 1. The smallest absolute Gasteiger partial charge is 0.123 e. The summed E-state index contributed by atoms with van der Waals surface area (Å²) in [5.74, 6) is 2.73. The van der Waals surface area contributed by atoms with Gasteiger partial charge in [0.15, 0.2) is 0 Å². The van der Waals surface area contributed by atoms with Gasteiger partial charge in [0.2, 0.25) is 0 Å². The van der Waals surface area contributed by atoms with Crippen LogP contribution in [0.1, 0.15) is 46.0 Å². The third-order valence-electron chi connectivity index (χ3n) is 3.11. The third kappa shape index (κ3) is 6.09. The summed E-state index contributed by atoms with van der Waals surface area (Å²) in [6.45, 7) is 3.57. The van der Waals surface area contributed by atoms with Crippen LogP contribution in [0.15, 0.2) is 4.40 Å². The highest BCUT2D eigenvalue weighted by Gasteiger charge is 2.25. The largest absolute Gasteiger partial charge is 0.592 e. The van der Waals surface area contributed by atoms with E-state index in [2.05, 4.69) is 10.3 Å². The highest BCUT2D eigenvalue weighted by Crippen LogP contribution is 2.32. The number of nitrogens with zero attached hydrogens (tertiary/aromatic N) is 1. The van der Waals surface area contributed by atoms with E-state index in [1.54, 1.807) is 6.26 Å². The minimum absolute atomic E-state index is 0.375. The van der Waals surface area contributed by atoms with Crippen LogP contribution in [0.25, 0.3) is 0 Å². The standard InChI is InChI=1S/C13H22FNOS/c1-5-12(15-17(4)16)8-9-13(6-2,7-3)10-11-14/h2H,5,7-11H2,1,3-4H3. The van der Waals surface area contributed by atoms with Crippen molar-refractivity contribution >= 4 is 17.1 Å². The van der Waals surface area contributed by atoms with Crippen LogP contribution in [0, 0.1) is 17.8 Å². The normalized spacial score (nSPS) is 17.3. The van der Waals surface area contributed by atoms with Gasteiger partial charge in [0.1, 0.15) is 6.26 Å². The molecule has 0 aliphatic carbocycles. The van der Waals surface area contributed by atoms with Crippen molar-refractivity contribution in [2.45, 2.75) is 46.0 Å². The Balaban J connectivity index is 4.54. The Morgan fingerprint density at radius 3 is 2.47 bits per heavy atom. The van der Waals surface area contributed by atoms with Crippen molar-refractivity contribution < 1.29 is 8.94 Å². The van der Waals surface area contributed by atoms with E-state index in [9.17, 15) is 8.94 Å². The Morgan fingerprint density at radius 1 is 1.47 bits per heavy atom. The van der Waals surface area contributed by atoms with Crippen molar-refractivity contribution in [2.75, 3.05) is 12.9 Å². The van der Waals surface area contributed by atoms with Crippen LogP contribution in [0.4, 0.5) is 4.39 Å². The van der Waals surface area contributed by atoms with Crippen LogP contribution in [0.5, 0.6) is 0 Å². The maximum atomic E-state index is 12.5. The van der Waals surface area contributed by atoms with Crippen molar-refractivity contribution in [1.82, 2.24) is 0 Å². The minimum atomic E-state index is -1.17. The Morgan fingerprint density at radius 2 is 2.12 bits per heavy atom. The molecule has 0 bridgehead atoms. The van der Waals surface area contributed by atoms with Crippen LogP contribution in [-0.4, -0.2) is 23.2 Å². The van der Waals surface area contributed by atoms with Gasteiger partial charge in [-0.3, -0.25) is 4.39 Å². The highest BCUT2D eigenvalue weighted by atomic mass is 32.2. The van der Waals surface area contributed by atoms with E-state index in [1.165, 1.54) is 0 Å². The maximum Gasteiger partial charge on any atom is 0.123 e. The van der Waals surface area contributed by atoms with E-state index in [0.717, 1.165) is 18.6 Å². The molecule has 0 aromatic heterocycles. The second-order valence-electron chi connectivity index (χ2n) is 4.15. The maximum absolute atomic E-state index is 12.5. The molecule has 17 heavy (non-hydrogen) atoms. The second-order valence-corrected chi connectivity index (χ2v) is 5.18. The molecule has 2 unspecified atom stereocenters. The Bertz CT molecular complexity index is 286. The first-order chi connectivity index (χ1) is 8.03. The fraction of sp³-hybridized carbons (Fsp3) is 0.769. The zero-order valence-electron chi connectivity index (χ0n) is 11.0. The molecule has 0 heterocycles. The monoisotopic (exact) mass is 259 g/mol. The lowest BCUT2D eigenvalue weighted by molar-refractivity contribution is 0.289. The summed E-state index contributed by atoms with van der Waals surface area (Å²) in [6.07, 6.45) is 10.4. The molecule has 0 aromatic carbocycles. The van der Waals surface area contributed by atoms with Gasteiger partial charge in [-0.25, -0.2) is 0 Å². The molecule has 4 heteroatoms. The molecule has 0 aromatic rings. The Kier molecular flexibility index (Phi) is 8.28. The second kappa shape index (κ2) is 8.54. The van der Waals surface area contributed by atoms with Crippen molar-refractivity contribution in [3.05, 3.63) is 0 Å². The Labute approximate surface area is 107 Å². The molecule has 0 amide bonds. The summed E-state index contributed by atoms with van der Waals surface area (Å²) in [4.78, 5) is 0. The van der Waals surface area contributed by atoms with Gasteiger partial charge in [-0.2, -0.15) is 0 Å². The topological polar surface area (TPSA) is 35.4 Å². The van der Waals surface area contributed by atoms with Crippen LogP contribution >= 0.6 is 0 Å². The van der Waals surface area contributed by atoms with Gasteiger partial charge in [-0.05, 0) is 32.1 Å². The SMILES string of the molecule is C#CC(CC)(CCF)CCC(CC)=N[S+](C)[O-]. The Hall–Kier alpha value is -0.530. The van der Waals surface area contributed by atoms with E-state index >= 15 is 0 Å². The summed E-state index contributed by atoms with van der Waals surface area (Å²) < 4.78 is 27.6. The lowest BCUT2D eigenvalue weighted by Crippen LogP contribution is -2.20. The first-order valence-corrected chi connectivity index (χ1v) is 7.48. The van der Waals surface area contributed by atoms with Crippen molar-refractivity contribution in [1.29, 1.82) is 0 Å². The molecular weight excluding hydrogens is 237 g/mol. The van der Waals surface area contributed by atoms with Gasteiger partial charge >= 0.3 is 0 Å². The molecule has 98 valence electrons. The van der Waals surface area contributed by atoms with Gasteiger partial charge in [-0.15, -0.1) is 6.42 Å². The number of rotatable bonds is 8. The summed E-state index contributed by atoms with van der Waals surface area (Å²) in [5.41, 5.74) is 0.526. The highest BCUT2D eigenvalue weighted by molar-refractivity contribution is 7.89. The molecule has 0 saturated carbocycles. The van der Waals surface area contributed by atoms with Crippen LogP contribution < -0.4 is 0 Å². The summed E-state index contributed by atoms with van der Waals surface area (Å²) in [6, 6.07) is 0. The van der Waals surface area contributed by atoms with E-state index in [1.807, 2.05) is 13.8 Å². The van der Waals surface area contributed by atoms with Gasteiger partial charge in [-0.1, -0.05) is 24.2 Å². The molecule has 0 rings (SSSR count). The molecule has 2 atom stereocenters. The van der Waals surface area contributed by atoms with E-state index < -0.39 is 18.0 Å². The lowest BCUT2D eigenvalue weighted by Gasteiger charge is -2.25. The van der Waals surface area contributed by atoms with E-state index in [4.69, 9.17) is 6.42 Å². The molecular formula is C13H22FNOS. The zero-order chi connectivity index (χ0) is 13.3. The number of hydrogen-bond donors (Lipinski definition) is 0. The number of hydrogen-bond acceptors (Lipinski definition) is 2. The van der Waals surface area contributed by atoms with Crippen molar-refractivity contribution in [2.24, 2.45) is 9.81 Å². The lowest BCUT2D eigenvalue weighted by atomic mass is 9.78. The number of terminal acetylenes is 1. The molecule has 0 fully saturated rings. The minimum Gasteiger partial charge on any atom is -0.592 e. The van der Waals surface area contributed by atoms with Crippen molar-refractivity contribution in [3.8, 4) is 12.3 Å². The van der Waals surface area contributed by atoms with Gasteiger partial charge in [0, 0.05) is 5.41 Å². The average Bonchev–Trinajstić information content (AvgIpc) is 2.32. The van der Waals surface area contributed by atoms with Gasteiger partial charge in [0.25, 0.3) is 0 Å². The summed E-state index contributed by atoms with van der Waals surface area (Å²) in [5, 5.41) is 0. The van der Waals surface area contributed by atoms with E-state index in [-0.39, 0.29) is 5.41 Å². The summed E-state index contributed by atoms with van der Waals surface area (Å²) >= 11 is -1.17. The molecule has 0 aliphatic heterocycles. The summed E-state index contributed by atoms with van der Waals surface area (Å²) in [7, 11) is 0. The van der Waals surface area contributed by atoms with Crippen LogP contribution in [0.3, 0.4) is 0 Å². The van der Waals surface area contributed by atoms with Crippen LogP contribution in [0.2, 0.25) is 0 Å². The first-order valence-electron chi connectivity index (χ1n) is 5.97. The van der Waals surface area contributed by atoms with E-state index in [0.29, 0.717) is 19.3 Å². The van der Waals surface area contributed by atoms with Gasteiger partial charge in [0.05, 0.1) is 23.7 Å². The first kappa shape index (κ1) is 16.5. The molecule has 0 N–H and O–H groups in total. The van der Waals surface area contributed by atoms with Gasteiger partial charge < -0.3 is 4.55 Å². The van der Waals surface area contributed by atoms with Crippen LogP contribution in [-0.2, 0) is 11.4 Å².